The van der Waals surface area contributed by atoms with E-state index in [-0.39, 0.29) is 39.3 Å². The van der Waals surface area contributed by atoms with Crippen molar-refractivity contribution >= 4 is 64.0 Å². The Bertz CT molecular complexity index is 635. The quantitative estimate of drug-likeness (QED) is 0.437. The van der Waals surface area contributed by atoms with Gasteiger partial charge in [-0.15, -0.1) is 0 Å². The second kappa shape index (κ2) is 6.78. The number of esters is 1. The molecule has 22 heavy (non-hydrogen) atoms. The number of hydrogen-bond donors (Lipinski definition) is 0. The molecular weight excluding hydrogens is 389 g/mol. The van der Waals surface area contributed by atoms with Crippen LogP contribution in [0.25, 0.3) is 0 Å². The normalized spacial score (nSPS) is 22.1. The third-order valence-corrected chi connectivity index (χ3v) is 5.42. The zero-order valence-corrected chi connectivity index (χ0v) is 15.6. The van der Waals surface area contributed by atoms with Crippen molar-refractivity contribution in [1.82, 2.24) is 0 Å². The van der Waals surface area contributed by atoms with E-state index in [0.717, 1.165) is 0 Å². The molecule has 1 aliphatic carbocycles. The van der Waals surface area contributed by atoms with E-state index in [9.17, 15) is 4.79 Å². The zero-order valence-electron chi connectivity index (χ0n) is 11.8. The van der Waals surface area contributed by atoms with Gasteiger partial charge in [0.25, 0.3) is 0 Å². The van der Waals surface area contributed by atoms with Crippen LogP contribution < -0.4 is 0 Å². The van der Waals surface area contributed by atoms with Gasteiger partial charge in [-0.2, -0.15) is 0 Å². The molecule has 1 fully saturated rings. The van der Waals surface area contributed by atoms with Crippen LogP contribution in [0.5, 0.6) is 0 Å². The monoisotopic (exact) mass is 400 g/mol. The van der Waals surface area contributed by atoms with Crippen molar-refractivity contribution in [3.8, 4) is 0 Å². The van der Waals surface area contributed by atoms with Crippen LogP contribution in [0.4, 0.5) is 0 Å². The lowest BCUT2D eigenvalue weighted by Crippen LogP contribution is -2.11. The van der Waals surface area contributed by atoms with E-state index in [1.807, 2.05) is 13.8 Å². The van der Waals surface area contributed by atoms with Crippen LogP contribution in [0.2, 0.25) is 15.1 Å². The third kappa shape index (κ3) is 3.68. The molecule has 2 rings (SSSR count). The van der Waals surface area contributed by atoms with Gasteiger partial charge in [-0.1, -0.05) is 71.9 Å². The lowest BCUT2D eigenvalue weighted by atomic mass is 10.1. The first kappa shape index (κ1) is 18.2. The van der Waals surface area contributed by atoms with E-state index in [1.165, 1.54) is 0 Å². The molecule has 1 aromatic carbocycles. The van der Waals surface area contributed by atoms with E-state index in [4.69, 9.17) is 62.7 Å². The maximum Gasteiger partial charge on any atom is 0.310 e. The molecule has 0 radical (unpaired) electrons. The molecule has 0 amide bonds. The first-order valence-electron chi connectivity index (χ1n) is 6.48. The largest absolute Gasteiger partial charge is 0.460 e. The Morgan fingerprint density at radius 2 is 1.82 bits per heavy atom. The van der Waals surface area contributed by atoms with Crippen LogP contribution in [0, 0.1) is 17.3 Å². The fraction of sp³-hybridized carbons (Fsp3) is 0.400. The van der Waals surface area contributed by atoms with Crippen molar-refractivity contribution in [2.45, 2.75) is 20.5 Å². The summed E-state index contributed by atoms with van der Waals surface area (Å²) in [7, 11) is 0. The summed E-state index contributed by atoms with van der Waals surface area (Å²) in [5.74, 6) is -0.681. The molecule has 0 aromatic heterocycles. The van der Waals surface area contributed by atoms with Gasteiger partial charge in [0.05, 0.1) is 16.0 Å². The minimum atomic E-state index is -0.340. The van der Waals surface area contributed by atoms with Gasteiger partial charge < -0.3 is 4.74 Å². The third-order valence-electron chi connectivity index (χ3n) is 3.97. The summed E-state index contributed by atoms with van der Waals surface area (Å²) in [5, 5.41) is 1.05. The van der Waals surface area contributed by atoms with Crippen LogP contribution in [0.3, 0.4) is 0 Å². The summed E-state index contributed by atoms with van der Waals surface area (Å²) < 4.78 is 5.48. The molecule has 0 saturated heterocycles. The summed E-state index contributed by atoms with van der Waals surface area (Å²) in [6, 6.07) is 3.20. The van der Waals surface area contributed by atoms with Crippen LogP contribution in [-0.2, 0) is 16.1 Å². The number of carbonyl (C=O) groups is 1. The summed E-state index contributed by atoms with van der Waals surface area (Å²) in [5.41, 5.74) is 0.249. The van der Waals surface area contributed by atoms with Crippen molar-refractivity contribution in [2.24, 2.45) is 17.3 Å². The highest BCUT2D eigenvalue weighted by molar-refractivity contribution is 6.55. The minimum absolute atomic E-state index is 0.0331. The fourth-order valence-corrected chi connectivity index (χ4v) is 3.44. The minimum Gasteiger partial charge on any atom is -0.460 e. The molecule has 1 aliphatic rings. The van der Waals surface area contributed by atoms with Gasteiger partial charge in [-0.3, -0.25) is 4.79 Å². The first-order chi connectivity index (χ1) is 10.2. The van der Waals surface area contributed by atoms with Gasteiger partial charge in [0.1, 0.15) is 11.1 Å². The zero-order chi connectivity index (χ0) is 16.7. The average Bonchev–Trinajstić information content (AvgIpc) is 2.94. The number of carbonyl (C=O) groups excluding carboxylic acids is 1. The Morgan fingerprint density at radius 3 is 2.41 bits per heavy atom. The molecule has 2 unspecified atom stereocenters. The van der Waals surface area contributed by atoms with E-state index in [0.29, 0.717) is 15.6 Å². The summed E-state index contributed by atoms with van der Waals surface area (Å²) in [6.07, 6.45) is 1.66. The van der Waals surface area contributed by atoms with Crippen molar-refractivity contribution < 1.29 is 9.53 Å². The SMILES string of the molecule is CC1(C)C(C=C(Cl)Cl)C1C(=O)OCc1c(Cl)ccc(Cl)c1Cl. The molecule has 120 valence electrons. The molecule has 0 bridgehead atoms. The number of ether oxygens (including phenoxy) is 1. The molecule has 0 spiro atoms. The second-order valence-electron chi connectivity index (χ2n) is 5.71. The number of benzene rings is 1. The molecule has 2 nitrogen and oxygen atoms in total. The predicted molar refractivity (Wildman–Crippen MR) is 91.8 cm³/mol. The Kier molecular flexibility index (Phi) is 5.62. The van der Waals surface area contributed by atoms with Gasteiger partial charge in [0.2, 0.25) is 0 Å². The fourth-order valence-electron chi connectivity index (χ4n) is 2.51. The maximum absolute atomic E-state index is 12.2. The molecular formula is C15H13Cl5O2. The van der Waals surface area contributed by atoms with Crippen LogP contribution in [0.1, 0.15) is 19.4 Å². The standard InChI is InChI=1S/C15H13Cl5O2/c1-15(2)8(5-11(18)19)12(15)14(21)22-6-7-9(16)3-4-10(17)13(7)20/h3-5,8,12H,6H2,1-2H3. The lowest BCUT2D eigenvalue weighted by molar-refractivity contribution is -0.147. The topological polar surface area (TPSA) is 26.3 Å². The summed E-state index contributed by atoms with van der Waals surface area (Å²) >= 11 is 29.4. The number of rotatable bonds is 4. The molecule has 2 atom stereocenters. The van der Waals surface area contributed by atoms with Gasteiger partial charge in [-0.25, -0.2) is 0 Å². The predicted octanol–water partition coefficient (Wildman–Crippen LogP) is 6.28. The summed E-state index contributed by atoms with van der Waals surface area (Å²) in [4.78, 5) is 12.2. The highest BCUT2D eigenvalue weighted by Crippen LogP contribution is 2.60. The molecule has 0 N–H and O–H groups in total. The van der Waals surface area contributed by atoms with E-state index >= 15 is 0 Å². The van der Waals surface area contributed by atoms with Crippen molar-refractivity contribution in [3.63, 3.8) is 0 Å². The van der Waals surface area contributed by atoms with E-state index in [1.54, 1.807) is 18.2 Å². The highest BCUT2D eigenvalue weighted by Gasteiger charge is 2.61. The van der Waals surface area contributed by atoms with Gasteiger partial charge in [0.15, 0.2) is 0 Å². The Hall–Kier alpha value is -0.120. The van der Waals surface area contributed by atoms with Gasteiger partial charge in [-0.05, 0) is 29.5 Å². The Morgan fingerprint density at radius 1 is 1.23 bits per heavy atom. The second-order valence-corrected chi connectivity index (χ2v) is 7.91. The first-order valence-corrected chi connectivity index (χ1v) is 8.37. The average molecular weight is 403 g/mol. The maximum atomic E-state index is 12.2. The molecule has 1 aromatic rings. The van der Waals surface area contributed by atoms with E-state index in [2.05, 4.69) is 0 Å². The van der Waals surface area contributed by atoms with Gasteiger partial charge >= 0.3 is 5.97 Å². The van der Waals surface area contributed by atoms with Crippen molar-refractivity contribution in [2.75, 3.05) is 0 Å². The lowest BCUT2D eigenvalue weighted by Gasteiger charge is -2.10. The van der Waals surface area contributed by atoms with Gasteiger partial charge in [0, 0.05) is 10.6 Å². The van der Waals surface area contributed by atoms with Crippen LogP contribution in [-0.4, -0.2) is 5.97 Å². The number of hydrogen-bond acceptors (Lipinski definition) is 2. The van der Waals surface area contributed by atoms with Crippen LogP contribution >= 0.6 is 58.0 Å². The Labute approximate surface area is 154 Å². The number of allylic oxidation sites excluding steroid dienone is 1. The van der Waals surface area contributed by atoms with Crippen molar-refractivity contribution in [1.29, 1.82) is 0 Å². The van der Waals surface area contributed by atoms with Crippen molar-refractivity contribution in [3.05, 3.63) is 43.3 Å². The summed E-state index contributed by atoms with van der Waals surface area (Å²) in [6.45, 7) is 3.88. The van der Waals surface area contributed by atoms with E-state index < -0.39 is 0 Å². The molecule has 7 heteroatoms. The highest BCUT2D eigenvalue weighted by atomic mass is 35.5. The molecule has 0 heterocycles. The molecule has 1 saturated carbocycles. The number of halogens is 5. The Balaban J connectivity index is 2.06. The smallest absolute Gasteiger partial charge is 0.310 e. The van der Waals surface area contributed by atoms with Crippen LogP contribution in [0.15, 0.2) is 22.7 Å². The molecule has 0 aliphatic heterocycles.